The number of likely N-dealkylation sites (tertiary alicyclic amines) is 1. The number of hydrogen-bond donors (Lipinski definition) is 1. The summed E-state index contributed by atoms with van der Waals surface area (Å²) in [7, 11) is 0. The molecule has 1 aliphatic heterocycles. The molecule has 148 valence electrons. The zero-order valence-corrected chi connectivity index (χ0v) is 17.6. The number of amides is 1. The summed E-state index contributed by atoms with van der Waals surface area (Å²) >= 11 is 5.04. The van der Waals surface area contributed by atoms with Gasteiger partial charge >= 0.3 is 0 Å². The third-order valence-corrected chi connectivity index (χ3v) is 6.89. The zero-order valence-electron chi connectivity index (χ0n) is 15.2. The Balaban J connectivity index is 1.58. The minimum Gasteiger partial charge on any atom is -0.349 e. The Morgan fingerprint density at radius 1 is 1.21 bits per heavy atom. The number of halogens is 3. The molecule has 3 aromatic rings. The first-order chi connectivity index (χ1) is 13.5. The van der Waals surface area contributed by atoms with E-state index >= 15 is 0 Å². The van der Waals surface area contributed by atoms with Crippen LogP contribution in [0.1, 0.15) is 28.9 Å². The molecule has 0 radical (unpaired) electrons. The van der Waals surface area contributed by atoms with Gasteiger partial charge in [-0.3, -0.25) is 4.79 Å². The maximum Gasteiger partial charge on any atom is 0.268 e. The van der Waals surface area contributed by atoms with Crippen LogP contribution in [0.3, 0.4) is 0 Å². The molecule has 4 nitrogen and oxygen atoms in total. The summed E-state index contributed by atoms with van der Waals surface area (Å²) in [4.78, 5) is 15.2. The molecule has 1 N–H and O–H groups in total. The van der Waals surface area contributed by atoms with Crippen molar-refractivity contribution < 1.29 is 13.6 Å². The van der Waals surface area contributed by atoms with Crippen LogP contribution in [-0.4, -0.2) is 41.6 Å². The van der Waals surface area contributed by atoms with Crippen LogP contribution in [0.2, 0.25) is 0 Å². The van der Waals surface area contributed by atoms with Gasteiger partial charge in [0.2, 0.25) is 0 Å². The van der Waals surface area contributed by atoms with E-state index in [1.165, 1.54) is 36.3 Å². The largest absolute Gasteiger partial charge is 0.349 e. The van der Waals surface area contributed by atoms with Crippen molar-refractivity contribution in [3.8, 4) is 0 Å². The summed E-state index contributed by atoms with van der Waals surface area (Å²) in [5.74, 6) is -1.42. The molecule has 4 rings (SSSR count). The van der Waals surface area contributed by atoms with Gasteiger partial charge in [0.15, 0.2) is 0 Å². The van der Waals surface area contributed by atoms with Crippen molar-refractivity contribution in [1.82, 2.24) is 14.8 Å². The molecule has 0 spiro atoms. The Morgan fingerprint density at radius 3 is 2.75 bits per heavy atom. The number of benzene rings is 1. The lowest BCUT2D eigenvalue weighted by atomic mass is 10.2. The van der Waals surface area contributed by atoms with Crippen LogP contribution in [0.5, 0.6) is 0 Å². The lowest BCUT2D eigenvalue weighted by Crippen LogP contribution is -2.34. The first kappa shape index (κ1) is 19.5. The third-order valence-electron chi connectivity index (χ3n) is 5.07. The SMILES string of the molecule is O=C(NCCN1CCCC1)c1cc2scc(Br)c2n1Cc1ccc(F)cc1F. The molecule has 0 saturated carbocycles. The fraction of sp³-hybridized carbons (Fsp3) is 0.350. The monoisotopic (exact) mass is 467 g/mol. The maximum absolute atomic E-state index is 14.2. The van der Waals surface area contributed by atoms with Gasteiger partial charge in [0.1, 0.15) is 17.3 Å². The molecule has 0 bridgehead atoms. The van der Waals surface area contributed by atoms with Gasteiger partial charge in [0, 0.05) is 30.1 Å². The highest BCUT2D eigenvalue weighted by Crippen LogP contribution is 2.34. The highest BCUT2D eigenvalue weighted by molar-refractivity contribution is 9.10. The quantitative estimate of drug-likeness (QED) is 0.574. The average Bonchev–Trinajstić information content (AvgIpc) is 3.37. The summed E-state index contributed by atoms with van der Waals surface area (Å²) in [6.07, 6.45) is 2.43. The third kappa shape index (κ3) is 3.99. The van der Waals surface area contributed by atoms with Crippen molar-refractivity contribution in [2.24, 2.45) is 0 Å². The fourth-order valence-corrected chi connectivity index (χ4v) is 5.32. The van der Waals surface area contributed by atoms with Gasteiger partial charge in [-0.2, -0.15) is 0 Å². The second kappa shape index (κ2) is 8.31. The van der Waals surface area contributed by atoms with Gasteiger partial charge in [-0.05, 0) is 54.0 Å². The van der Waals surface area contributed by atoms with Gasteiger partial charge in [0.25, 0.3) is 5.91 Å². The van der Waals surface area contributed by atoms with Gasteiger partial charge < -0.3 is 14.8 Å². The number of carbonyl (C=O) groups excluding carboxylic acids is 1. The molecule has 28 heavy (non-hydrogen) atoms. The Hall–Kier alpha value is -1.77. The number of carbonyl (C=O) groups is 1. The number of nitrogens with zero attached hydrogens (tertiary/aromatic N) is 2. The summed E-state index contributed by atoms with van der Waals surface area (Å²) in [5, 5.41) is 4.92. The van der Waals surface area contributed by atoms with Crippen LogP contribution in [0, 0.1) is 11.6 Å². The number of nitrogens with one attached hydrogen (secondary N) is 1. The van der Waals surface area contributed by atoms with Crippen LogP contribution in [0.4, 0.5) is 8.78 Å². The molecule has 8 heteroatoms. The van der Waals surface area contributed by atoms with E-state index in [4.69, 9.17) is 0 Å². The van der Waals surface area contributed by atoms with E-state index in [1.54, 1.807) is 4.57 Å². The normalized spacial score (nSPS) is 14.8. The number of fused-ring (bicyclic) bond motifs is 1. The topological polar surface area (TPSA) is 37.3 Å². The zero-order chi connectivity index (χ0) is 19.7. The smallest absolute Gasteiger partial charge is 0.268 e. The van der Waals surface area contributed by atoms with E-state index in [1.807, 2.05) is 11.4 Å². The molecular formula is C20H20BrF2N3OS. The van der Waals surface area contributed by atoms with Crippen molar-refractivity contribution in [3.05, 3.63) is 57.0 Å². The van der Waals surface area contributed by atoms with Crippen molar-refractivity contribution in [3.63, 3.8) is 0 Å². The van der Waals surface area contributed by atoms with Crippen molar-refractivity contribution in [2.75, 3.05) is 26.2 Å². The maximum atomic E-state index is 14.2. The minimum absolute atomic E-state index is 0.153. The van der Waals surface area contributed by atoms with Crippen molar-refractivity contribution >= 4 is 43.4 Å². The second-order valence-electron chi connectivity index (χ2n) is 6.95. The fourth-order valence-electron chi connectivity index (χ4n) is 3.63. The van der Waals surface area contributed by atoms with E-state index in [0.717, 1.165) is 40.4 Å². The molecule has 0 aliphatic carbocycles. The van der Waals surface area contributed by atoms with E-state index in [2.05, 4.69) is 26.1 Å². The van der Waals surface area contributed by atoms with Crippen molar-refractivity contribution in [1.29, 1.82) is 0 Å². The number of rotatable bonds is 6. The van der Waals surface area contributed by atoms with Crippen LogP contribution in [-0.2, 0) is 6.54 Å². The molecule has 1 fully saturated rings. The predicted molar refractivity (Wildman–Crippen MR) is 111 cm³/mol. The Morgan fingerprint density at radius 2 is 2.00 bits per heavy atom. The lowest BCUT2D eigenvalue weighted by molar-refractivity contribution is 0.0941. The van der Waals surface area contributed by atoms with Gasteiger partial charge in [-0.1, -0.05) is 6.07 Å². The van der Waals surface area contributed by atoms with Crippen LogP contribution < -0.4 is 5.32 Å². The Labute approximate surface area is 174 Å². The first-order valence-electron chi connectivity index (χ1n) is 9.23. The Kier molecular flexibility index (Phi) is 5.80. The van der Waals surface area contributed by atoms with Crippen molar-refractivity contribution in [2.45, 2.75) is 19.4 Å². The molecule has 1 saturated heterocycles. The highest BCUT2D eigenvalue weighted by atomic mass is 79.9. The summed E-state index contributed by atoms with van der Waals surface area (Å²) in [5.41, 5.74) is 1.66. The molecule has 2 aromatic heterocycles. The summed E-state index contributed by atoms with van der Waals surface area (Å²) in [6, 6.07) is 5.36. The average molecular weight is 468 g/mol. The lowest BCUT2D eigenvalue weighted by Gasteiger charge is -2.16. The van der Waals surface area contributed by atoms with Gasteiger partial charge in [-0.25, -0.2) is 8.78 Å². The minimum atomic E-state index is -0.617. The standard InChI is InChI=1S/C20H20BrF2N3OS/c21-15-12-28-18-10-17(20(27)24-5-8-25-6-1-2-7-25)26(19(15)18)11-13-3-4-14(22)9-16(13)23/h3-4,9-10,12H,1-2,5-8,11H2,(H,24,27). The van der Waals surface area contributed by atoms with Gasteiger partial charge in [-0.15, -0.1) is 11.3 Å². The second-order valence-corrected chi connectivity index (χ2v) is 8.72. The number of thiophene rings is 1. The predicted octanol–water partition coefficient (Wildman–Crippen LogP) is 4.62. The van der Waals surface area contributed by atoms with Crippen LogP contribution in [0.15, 0.2) is 34.1 Å². The number of hydrogen-bond acceptors (Lipinski definition) is 3. The molecule has 1 aliphatic rings. The summed E-state index contributed by atoms with van der Waals surface area (Å²) in [6.45, 7) is 3.72. The van der Waals surface area contributed by atoms with Gasteiger partial charge in [0.05, 0.1) is 21.2 Å². The molecule has 0 atom stereocenters. The van der Waals surface area contributed by atoms with Crippen LogP contribution in [0.25, 0.3) is 10.2 Å². The Bertz CT molecular complexity index is 1010. The molecule has 1 aromatic carbocycles. The van der Waals surface area contributed by atoms with E-state index < -0.39 is 11.6 Å². The van der Waals surface area contributed by atoms with E-state index in [9.17, 15) is 13.6 Å². The molecular weight excluding hydrogens is 448 g/mol. The first-order valence-corrected chi connectivity index (χ1v) is 10.9. The van der Waals surface area contributed by atoms with Crippen LogP contribution >= 0.6 is 27.3 Å². The summed E-state index contributed by atoms with van der Waals surface area (Å²) < 4.78 is 31.0. The number of aromatic nitrogens is 1. The molecule has 3 heterocycles. The highest BCUT2D eigenvalue weighted by Gasteiger charge is 2.20. The molecule has 0 unspecified atom stereocenters. The van der Waals surface area contributed by atoms with E-state index in [-0.39, 0.29) is 12.5 Å². The molecule has 1 amide bonds. The van der Waals surface area contributed by atoms with E-state index in [0.29, 0.717) is 17.8 Å².